The van der Waals surface area contributed by atoms with E-state index in [1.165, 1.54) is 0 Å². The molecular formula is C11H17N3O2S. The highest BCUT2D eigenvalue weighted by molar-refractivity contribution is 7.99. The SMILES string of the molecule is CSC(C)CCNc1nccc(C)c1[N+](=O)[O-]. The largest absolute Gasteiger partial charge is 0.364 e. The number of anilines is 1. The van der Waals surface area contributed by atoms with Gasteiger partial charge >= 0.3 is 5.69 Å². The molecule has 1 N–H and O–H groups in total. The van der Waals surface area contributed by atoms with Gasteiger partial charge in [0.05, 0.1) is 4.92 Å². The number of rotatable bonds is 6. The fraction of sp³-hybridized carbons (Fsp3) is 0.545. The van der Waals surface area contributed by atoms with Crippen LogP contribution >= 0.6 is 11.8 Å². The summed E-state index contributed by atoms with van der Waals surface area (Å²) in [7, 11) is 0. The molecule has 94 valence electrons. The highest BCUT2D eigenvalue weighted by Gasteiger charge is 2.17. The quantitative estimate of drug-likeness (QED) is 0.625. The van der Waals surface area contributed by atoms with Crippen molar-refractivity contribution in [2.24, 2.45) is 0 Å². The monoisotopic (exact) mass is 255 g/mol. The maximum atomic E-state index is 10.9. The van der Waals surface area contributed by atoms with Gasteiger partial charge in [0.1, 0.15) is 0 Å². The summed E-state index contributed by atoms with van der Waals surface area (Å²) in [6.45, 7) is 4.54. The van der Waals surface area contributed by atoms with E-state index in [0.717, 1.165) is 6.42 Å². The molecule has 1 aromatic heterocycles. The summed E-state index contributed by atoms with van der Waals surface area (Å²) >= 11 is 1.78. The lowest BCUT2D eigenvalue weighted by molar-refractivity contribution is -0.384. The standard InChI is InChI=1S/C11H17N3O2S/c1-8-4-6-12-11(10(8)14(15)16)13-7-5-9(2)17-3/h4,6,9H,5,7H2,1-3H3,(H,12,13). The fourth-order valence-corrected chi connectivity index (χ4v) is 1.78. The number of nitrogens with one attached hydrogen (secondary N) is 1. The van der Waals surface area contributed by atoms with E-state index in [1.54, 1.807) is 30.9 Å². The maximum Gasteiger partial charge on any atom is 0.314 e. The van der Waals surface area contributed by atoms with Crippen LogP contribution in [0.25, 0.3) is 0 Å². The second-order valence-corrected chi connectivity index (χ2v) is 5.12. The van der Waals surface area contributed by atoms with Crippen LogP contribution in [0.4, 0.5) is 11.5 Å². The van der Waals surface area contributed by atoms with Crippen LogP contribution in [0.15, 0.2) is 12.3 Å². The molecule has 0 spiro atoms. The van der Waals surface area contributed by atoms with Gasteiger partial charge in [0, 0.05) is 23.6 Å². The van der Waals surface area contributed by atoms with Crippen molar-refractivity contribution in [2.75, 3.05) is 18.1 Å². The first-order valence-corrected chi connectivity index (χ1v) is 6.71. The van der Waals surface area contributed by atoms with Crippen LogP contribution in [0.1, 0.15) is 18.9 Å². The van der Waals surface area contributed by atoms with Gasteiger partial charge in [-0.1, -0.05) is 6.92 Å². The molecule has 0 amide bonds. The van der Waals surface area contributed by atoms with Crippen molar-refractivity contribution < 1.29 is 4.92 Å². The van der Waals surface area contributed by atoms with Crippen LogP contribution in [0.3, 0.4) is 0 Å². The van der Waals surface area contributed by atoms with Crippen molar-refractivity contribution in [2.45, 2.75) is 25.5 Å². The van der Waals surface area contributed by atoms with Crippen LogP contribution in [-0.2, 0) is 0 Å². The third kappa shape index (κ3) is 3.89. The normalized spacial score (nSPS) is 12.2. The molecule has 0 bridgehead atoms. The van der Waals surface area contributed by atoms with Gasteiger partial charge in [-0.2, -0.15) is 11.8 Å². The molecule has 17 heavy (non-hydrogen) atoms. The first-order valence-electron chi connectivity index (χ1n) is 5.43. The molecule has 0 aliphatic rings. The van der Waals surface area contributed by atoms with Gasteiger partial charge in [-0.25, -0.2) is 4.98 Å². The van der Waals surface area contributed by atoms with Crippen LogP contribution in [0, 0.1) is 17.0 Å². The van der Waals surface area contributed by atoms with Gasteiger partial charge in [-0.3, -0.25) is 10.1 Å². The van der Waals surface area contributed by atoms with Gasteiger partial charge in [0.25, 0.3) is 0 Å². The fourth-order valence-electron chi connectivity index (χ4n) is 1.42. The number of hydrogen-bond acceptors (Lipinski definition) is 5. The molecule has 0 aliphatic carbocycles. The van der Waals surface area contributed by atoms with Gasteiger partial charge < -0.3 is 5.32 Å². The van der Waals surface area contributed by atoms with E-state index in [2.05, 4.69) is 23.5 Å². The van der Waals surface area contributed by atoms with E-state index in [9.17, 15) is 10.1 Å². The van der Waals surface area contributed by atoms with Crippen LogP contribution in [0.5, 0.6) is 0 Å². The molecule has 1 heterocycles. The molecule has 1 unspecified atom stereocenters. The van der Waals surface area contributed by atoms with E-state index < -0.39 is 0 Å². The summed E-state index contributed by atoms with van der Waals surface area (Å²) in [5.41, 5.74) is 0.703. The van der Waals surface area contributed by atoms with Gasteiger partial charge in [0.2, 0.25) is 5.82 Å². The molecule has 1 aromatic rings. The van der Waals surface area contributed by atoms with E-state index in [1.807, 2.05) is 0 Å². The Morgan fingerprint density at radius 1 is 1.65 bits per heavy atom. The molecule has 0 saturated heterocycles. The molecule has 0 fully saturated rings. The summed E-state index contributed by atoms with van der Waals surface area (Å²) in [6.07, 6.45) is 4.59. The van der Waals surface area contributed by atoms with Crippen molar-refractivity contribution in [1.29, 1.82) is 0 Å². The Balaban J connectivity index is 2.71. The molecule has 0 saturated carbocycles. The van der Waals surface area contributed by atoms with Crippen molar-refractivity contribution in [3.8, 4) is 0 Å². The first kappa shape index (κ1) is 13.8. The minimum Gasteiger partial charge on any atom is -0.364 e. The minimum atomic E-state index is -0.386. The van der Waals surface area contributed by atoms with E-state index >= 15 is 0 Å². The Kier molecular flexibility index (Phi) is 5.21. The Morgan fingerprint density at radius 3 is 2.94 bits per heavy atom. The Hall–Kier alpha value is -1.30. The number of hydrogen-bond donors (Lipinski definition) is 1. The minimum absolute atomic E-state index is 0.0734. The molecule has 0 aliphatic heterocycles. The summed E-state index contributed by atoms with van der Waals surface area (Å²) in [5.74, 6) is 0.364. The summed E-state index contributed by atoms with van der Waals surface area (Å²) in [6, 6.07) is 1.65. The summed E-state index contributed by atoms with van der Waals surface area (Å²) in [4.78, 5) is 14.6. The molecule has 0 radical (unpaired) electrons. The van der Waals surface area contributed by atoms with Crippen LogP contribution in [-0.4, -0.2) is 28.0 Å². The van der Waals surface area contributed by atoms with Crippen LogP contribution < -0.4 is 5.32 Å². The first-order chi connectivity index (χ1) is 8.06. The van der Waals surface area contributed by atoms with Gasteiger partial charge in [-0.15, -0.1) is 0 Å². The van der Waals surface area contributed by atoms with Crippen molar-refractivity contribution in [1.82, 2.24) is 4.98 Å². The molecule has 1 rings (SSSR count). The summed E-state index contributed by atoms with van der Waals surface area (Å²) < 4.78 is 0. The molecule has 0 aromatic carbocycles. The number of nitrogens with zero attached hydrogens (tertiary/aromatic N) is 2. The Bertz CT molecular complexity index is 398. The smallest absolute Gasteiger partial charge is 0.314 e. The second kappa shape index (κ2) is 6.44. The van der Waals surface area contributed by atoms with Gasteiger partial charge in [-0.05, 0) is 25.7 Å². The zero-order valence-electron chi connectivity index (χ0n) is 10.3. The van der Waals surface area contributed by atoms with Crippen molar-refractivity contribution in [3.05, 3.63) is 27.9 Å². The predicted octanol–water partition coefficient (Wildman–Crippen LogP) is 2.85. The number of thioether (sulfide) groups is 1. The molecule has 5 nitrogen and oxygen atoms in total. The molecule has 1 atom stereocenters. The second-order valence-electron chi connectivity index (χ2n) is 3.84. The highest BCUT2D eigenvalue weighted by Crippen LogP contribution is 2.25. The predicted molar refractivity (Wildman–Crippen MR) is 71.7 cm³/mol. The highest BCUT2D eigenvalue weighted by atomic mass is 32.2. The topological polar surface area (TPSA) is 68.1 Å². The maximum absolute atomic E-state index is 10.9. The van der Waals surface area contributed by atoms with E-state index in [-0.39, 0.29) is 10.6 Å². The Morgan fingerprint density at radius 2 is 2.35 bits per heavy atom. The Labute approximate surface area is 105 Å². The number of nitro groups is 1. The van der Waals surface area contributed by atoms with Crippen molar-refractivity contribution in [3.63, 3.8) is 0 Å². The lowest BCUT2D eigenvalue weighted by atomic mass is 10.2. The number of pyridine rings is 1. The lowest BCUT2D eigenvalue weighted by Gasteiger charge is -2.10. The zero-order chi connectivity index (χ0) is 12.8. The van der Waals surface area contributed by atoms with Crippen molar-refractivity contribution >= 4 is 23.3 Å². The average Bonchev–Trinajstić information content (AvgIpc) is 2.28. The van der Waals surface area contributed by atoms with E-state index in [0.29, 0.717) is 23.2 Å². The summed E-state index contributed by atoms with van der Waals surface area (Å²) in [5, 5.41) is 14.5. The third-order valence-electron chi connectivity index (χ3n) is 2.55. The van der Waals surface area contributed by atoms with Gasteiger partial charge in [0.15, 0.2) is 0 Å². The molecular weight excluding hydrogens is 238 g/mol. The average molecular weight is 255 g/mol. The van der Waals surface area contributed by atoms with E-state index in [4.69, 9.17) is 0 Å². The molecule has 6 heteroatoms. The third-order valence-corrected chi connectivity index (χ3v) is 3.59. The zero-order valence-corrected chi connectivity index (χ0v) is 11.1. The number of aromatic nitrogens is 1. The number of aryl methyl sites for hydroxylation is 1. The van der Waals surface area contributed by atoms with Crippen LogP contribution in [0.2, 0.25) is 0 Å². The lowest BCUT2D eigenvalue weighted by Crippen LogP contribution is -2.10.